The normalized spacial score (nSPS) is 14.0. The highest BCUT2D eigenvalue weighted by molar-refractivity contribution is 5.99. The molecule has 0 aliphatic carbocycles. The smallest absolute Gasteiger partial charge is 0.255 e. The van der Waals surface area contributed by atoms with E-state index in [0.29, 0.717) is 24.3 Å². The van der Waals surface area contributed by atoms with Crippen molar-refractivity contribution in [2.24, 2.45) is 0 Å². The van der Waals surface area contributed by atoms with Crippen molar-refractivity contribution >= 4 is 11.8 Å². The van der Waals surface area contributed by atoms with Gasteiger partial charge in [0.1, 0.15) is 0 Å². The quantitative estimate of drug-likeness (QED) is 0.681. The van der Waals surface area contributed by atoms with E-state index in [1.165, 1.54) is 0 Å². The third-order valence-corrected chi connectivity index (χ3v) is 5.41. The van der Waals surface area contributed by atoms with E-state index in [0.717, 1.165) is 22.5 Å². The van der Waals surface area contributed by atoms with Crippen LogP contribution in [0.25, 0.3) is 5.82 Å². The molecular formula is C22H24N6O2. The minimum Gasteiger partial charge on any atom is -0.356 e. The number of hydrogen-bond donors (Lipinski definition) is 1. The molecule has 1 N–H and O–H groups in total. The minimum atomic E-state index is -0.167. The van der Waals surface area contributed by atoms with Crippen LogP contribution in [0.2, 0.25) is 0 Å². The lowest BCUT2D eigenvalue weighted by Gasteiger charge is -2.25. The second-order valence-corrected chi connectivity index (χ2v) is 7.38. The van der Waals surface area contributed by atoms with Gasteiger partial charge in [-0.15, -0.1) is 0 Å². The van der Waals surface area contributed by atoms with E-state index >= 15 is 0 Å². The van der Waals surface area contributed by atoms with Crippen LogP contribution >= 0.6 is 0 Å². The average Bonchev–Trinajstić information content (AvgIpc) is 3.37. The van der Waals surface area contributed by atoms with Crippen LogP contribution in [0.3, 0.4) is 0 Å². The lowest BCUT2D eigenvalue weighted by Crippen LogP contribution is -2.27. The summed E-state index contributed by atoms with van der Waals surface area (Å²) in [5.74, 6) is 0.623. The first kappa shape index (κ1) is 19.8. The molecule has 1 aliphatic heterocycles. The number of aryl methyl sites for hydroxylation is 1. The molecule has 8 nitrogen and oxygen atoms in total. The van der Waals surface area contributed by atoms with Gasteiger partial charge in [0.05, 0.1) is 18.2 Å². The van der Waals surface area contributed by atoms with Gasteiger partial charge < -0.3 is 10.2 Å². The van der Waals surface area contributed by atoms with Gasteiger partial charge in [0.2, 0.25) is 5.91 Å². The van der Waals surface area contributed by atoms with Gasteiger partial charge in [-0.1, -0.05) is 0 Å². The van der Waals surface area contributed by atoms with Crippen molar-refractivity contribution in [1.82, 2.24) is 30.0 Å². The second kappa shape index (κ2) is 8.06. The standard InChI is InChI=1S/C22H24N6O2/c1-4-23-20(29)11-19-18-13-27(22(30)17(18)6-8-24-19)15(3)16-10-14(2)21(25-12-16)28-9-5-7-26-28/h5-10,12,15H,4,11,13H2,1-3H3,(H,23,29). The van der Waals surface area contributed by atoms with Gasteiger partial charge in [-0.2, -0.15) is 5.10 Å². The lowest BCUT2D eigenvalue weighted by molar-refractivity contribution is -0.120. The van der Waals surface area contributed by atoms with Crippen LogP contribution in [-0.4, -0.2) is 43.0 Å². The average molecular weight is 404 g/mol. The van der Waals surface area contributed by atoms with Crippen molar-refractivity contribution in [2.75, 3.05) is 6.54 Å². The van der Waals surface area contributed by atoms with E-state index in [4.69, 9.17) is 0 Å². The highest BCUT2D eigenvalue weighted by atomic mass is 16.2. The number of amides is 2. The van der Waals surface area contributed by atoms with Gasteiger partial charge in [-0.3, -0.25) is 14.6 Å². The number of nitrogens with one attached hydrogen (secondary N) is 1. The first-order valence-electron chi connectivity index (χ1n) is 10.0. The molecule has 30 heavy (non-hydrogen) atoms. The third kappa shape index (κ3) is 3.56. The Morgan fingerprint density at radius 2 is 2.13 bits per heavy atom. The van der Waals surface area contributed by atoms with E-state index in [9.17, 15) is 9.59 Å². The molecule has 3 aromatic rings. The molecule has 1 unspecified atom stereocenters. The molecule has 1 atom stereocenters. The highest BCUT2D eigenvalue weighted by Gasteiger charge is 2.34. The Morgan fingerprint density at radius 3 is 2.83 bits per heavy atom. The summed E-state index contributed by atoms with van der Waals surface area (Å²) in [5.41, 5.74) is 4.03. The summed E-state index contributed by atoms with van der Waals surface area (Å²) in [4.78, 5) is 35.8. The monoisotopic (exact) mass is 404 g/mol. The maximum Gasteiger partial charge on any atom is 0.255 e. The number of pyridine rings is 2. The largest absolute Gasteiger partial charge is 0.356 e. The fourth-order valence-electron chi connectivity index (χ4n) is 3.82. The van der Waals surface area contributed by atoms with Gasteiger partial charge in [-0.05, 0) is 50.1 Å². The number of likely N-dealkylation sites (N-methyl/N-ethyl adjacent to an activating group) is 1. The molecule has 0 radical (unpaired) electrons. The molecule has 0 bridgehead atoms. The number of rotatable bonds is 6. The molecule has 4 rings (SSSR count). The molecule has 1 aliphatic rings. The van der Waals surface area contributed by atoms with Gasteiger partial charge >= 0.3 is 0 Å². The second-order valence-electron chi connectivity index (χ2n) is 7.38. The molecule has 2 amide bonds. The first-order chi connectivity index (χ1) is 14.5. The third-order valence-electron chi connectivity index (χ3n) is 5.41. The predicted molar refractivity (Wildman–Crippen MR) is 111 cm³/mol. The maximum absolute atomic E-state index is 13.1. The Labute approximate surface area is 175 Å². The van der Waals surface area contributed by atoms with Crippen molar-refractivity contribution in [3.05, 3.63) is 70.9 Å². The van der Waals surface area contributed by atoms with Crippen LogP contribution in [0.15, 0.2) is 43.0 Å². The SMILES string of the molecule is CCNC(=O)Cc1nccc2c1CN(C(C)c1cnc(-n3cccn3)c(C)c1)C2=O. The van der Waals surface area contributed by atoms with Crippen molar-refractivity contribution in [3.63, 3.8) is 0 Å². The Balaban J connectivity index is 1.58. The van der Waals surface area contributed by atoms with Crippen molar-refractivity contribution in [3.8, 4) is 5.82 Å². The fourth-order valence-corrected chi connectivity index (χ4v) is 3.82. The molecule has 0 fully saturated rings. The summed E-state index contributed by atoms with van der Waals surface area (Å²) in [6.07, 6.45) is 7.13. The molecule has 3 aromatic heterocycles. The van der Waals surface area contributed by atoms with E-state index in [2.05, 4.69) is 20.4 Å². The summed E-state index contributed by atoms with van der Waals surface area (Å²) in [6.45, 7) is 6.84. The molecule has 0 spiro atoms. The Bertz CT molecular complexity index is 1090. The molecule has 0 aromatic carbocycles. The fraction of sp³-hybridized carbons (Fsp3) is 0.318. The number of aromatic nitrogens is 4. The van der Waals surface area contributed by atoms with Gasteiger partial charge in [0, 0.05) is 49.0 Å². The van der Waals surface area contributed by atoms with Crippen LogP contribution in [0.4, 0.5) is 0 Å². The maximum atomic E-state index is 13.1. The number of carbonyl (C=O) groups excluding carboxylic acids is 2. The summed E-state index contributed by atoms with van der Waals surface area (Å²) in [7, 11) is 0. The molecule has 154 valence electrons. The Morgan fingerprint density at radius 1 is 1.30 bits per heavy atom. The minimum absolute atomic E-state index is 0.0501. The number of nitrogens with zero attached hydrogens (tertiary/aromatic N) is 5. The van der Waals surface area contributed by atoms with E-state index < -0.39 is 0 Å². The number of carbonyl (C=O) groups is 2. The van der Waals surface area contributed by atoms with Crippen molar-refractivity contribution in [2.45, 2.75) is 39.8 Å². The Hall–Kier alpha value is -3.55. The van der Waals surface area contributed by atoms with Crippen LogP contribution in [0.5, 0.6) is 0 Å². The number of hydrogen-bond acceptors (Lipinski definition) is 5. The lowest BCUT2D eigenvalue weighted by atomic mass is 10.1. The summed E-state index contributed by atoms with van der Waals surface area (Å²) < 4.78 is 1.72. The topological polar surface area (TPSA) is 93.0 Å². The zero-order chi connectivity index (χ0) is 21.3. The molecular weight excluding hydrogens is 380 g/mol. The van der Waals surface area contributed by atoms with E-state index in [-0.39, 0.29) is 24.3 Å². The Kier molecular flexibility index (Phi) is 5.31. The van der Waals surface area contributed by atoms with E-state index in [1.54, 1.807) is 34.2 Å². The van der Waals surface area contributed by atoms with Gasteiger partial charge in [0.15, 0.2) is 5.82 Å². The van der Waals surface area contributed by atoms with Crippen LogP contribution in [-0.2, 0) is 17.8 Å². The molecule has 0 saturated carbocycles. The summed E-state index contributed by atoms with van der Waals surface area (Å²) >= 11 is 0. The molecule has 0 saturated heterocycles. The van der Waals surface area contributed by atoms with Crippen molar-refractivity contribution in [1.29, 1.82) is 0 Å². The summed E-state index contributed by atoms with van der Waals surface area (Å²) in [6, 6.07) is 5.46. The molecule has 4 heterocycles. The zero-order valence-corrected chi connectivity index (χ0v) is 17.3. The predicted octanol–water partition coefficient (Wildman–Crippen LogP) is 2.37. The van der Waals surface area contributed by atoms with Crippen LogP contribution in [0.1, 0.15) is 52.6 Å². The highest BCUT2D eigenvalue weighted by Crippen LogP contribution is 2.32. The number of fused-ring (bicyclic) bond motifs is 1. The van der Waals surface area contributed by atoms with E-state index in [1.807, 2.05) is 39.1 Å². The summed E-state index contributed by atoms with van der Waals surface area (Å²) in [5, 5.41) is 7.02. The van der Waals surface area contributed by atoms with Crippen LogP contribution in [0, 0.1) is 6.92 Å². The van der Waals surface area contributed by atoms with Gasteiger partial charge in [-0.25, -0.2) is 9.67 Å². The first-order valence-corrected chi connectivity index (χ1v) is 10.0. The van der Waals surface area contributed by atoms with Crippen molar-refractivity contribution < 1.29 is 9.59 Å². The zero-order valence-electron chi connectivity index (χ0n) is 17.3. The van der Waals surface area contributed by atoms with Crippen LogP contribution < -0.4 is 5.32 Å². The molecule has 8 heteroatoms. The van der Waals surface area contributed by atoms with Gasteiger partial charge in [0.25, 0.3) is 5.91 Å².